The number of rotatable bonds is 7. The maximum Gasteiger partial charge on any atom is 0.387 e. The molecule has 1 aromatic carbocycles. The molecular weight excluding hydrogens is 384 g/mol. The first-order valence-corrected chi connectivity index (χ1v) is 9.23. The first kappa shape index (κ1) is 19.3. The number of benzene rings is 1. The van der Waals surface area contributed by atoms with Gasteiger partial charge in [-0.1, -0.05) is 12.1 Å². The number of ether oxygens (including phenoxy) is 1. The van der Waals surface area contributed by atoms with Gasteiger partial charge in [0.1, 0.15) is 16.8 Å². The molecule has 1 aliphatic carbocycles. The average Bonchev–Trinajstić information content (AvgIpc) is 3.44. The molecule has 2 heterocycles. The molecule has 0 unspecified atom stereocenters. The van der Waals surface area contributed by atoms with Crippen molar-refractivity contribution in [3.05, 3.63) is 45.9 Å². The third-order valence-electron chi connectivity index (χ3n) is 4.97. The van der Waals surface area contributed by atoms with E-state index in [9.17, 15) is 18.7 Å². The highest BCUT2D eigenvalue weighted by Gasteiger charge is 2.36. The van der Waals surface area contributed by atoms with E-state index in [0.717, 1.165) is 18.4 Å². The van der Waals surface area contributed by atoms with Crippen molar-refractivity contribution in [1.29, 1.82) is 0 Å². The monoisotopic (exact) mass is 405 g/mol. The molecule has 10 heteroatoms. The molecule has 0 saturated heterocycles. The van der Waals surface area contributed by atoms with Gasteiger partial charge in [-0.15, -0.1) is 0 Å². The van der Waals surface area contributed by atoms with E-state index in [0.29, 0.717) is 11.6 Å². The minimum Gasteiger partial charge on any atom is -0.435 e. The van der Waals surface area contributed by atoms with Crippen LogP contribution in [-0.2, 0) is 6.61 Å². The summed E-state index contributed by atoms with van der Waals surface area (Å²) in [6.45, 7) is -3.28. The number of fused-ring (bicyclic) bond motifs is 1. The molecule has 0 bridgehead atoms. The molecule has 1 saturated carbocycles. The minimum atomic E-state index is -2.89. The zero-order valence-electron chi connectivity index (χ0n) is 16.0. The number of nitrogens with one attached hydrogen (secondary N) is 1. The lowest BCUT2D eigenvalue weighted by atomic mass is 10.0. The number of hydrogen-bond donors (Lipinski definition) is 2. The highest BCUT2D eigenvalue weighted by atomic mass is 19.3. The SMILES string of the molecule is CN(C)c1nc2c(c(CO)nn2[C@H](c2ccc(OC(F)F)cc2)C2CC2)c(=O)[nH]1. The van der Waals surface area contributed by atoms with Crippen LogP contribution in [0.1, 0.15) is 30.1 Å². The number of aliphatic hydroxyl groups excluding tert-OH is 1. The van der Waals surface area contributed by atoms with Crippen molar-refractivity contribution in [3.8, 4) is 5.75 Å². The summed E-state index contributed by atoms with van der Waals surface area (Å²) in [4.78, 5) is 21.5. The van der Waals surface area contributed by atoms with Crippen LogP contribution in [0.15, 0.2) is 29.1 Å². The van der Waals surface area contributed by atoms with Crippen LogP contribution < -0.4 is 15.2 Å². The van der Waals surface area contributed by atoms with Crippen LogP contribution in [0.5, 0.6) is 5.75 Å². The summed E-state index contributed by atoms with van der Waals surface area (Å²) in [5.74, 6) is 0.725. The van der Waals surface area contributed by atoms with E-state index >= 15 is 0 Å². The first-order chi connectivity index (χ1) is 13.9. The molecule has 1 fully saturated rings. The Morgan fingerprint density at radius 2 is 2.00 bits per heavy atom. The summed E-state index contributed by atoms with van der Waals surface area (Å²) in [6.07, 6.45) is 1.94. The van der Waals surface area contributed by atoms with Crippen LogP contribution in [0.3, 0.4) is 0 Å². The summed E-state index contributed by atoms with van der Waals surface area (Å²) >= 11 is 0. The molecule has 29 heavy (non-hydrogen) atoms. The van der Waals surface area contributed by atoms with E-state index in [2.05, 4.69) is 19.8 Å². The van der Waals surface area contributed by atoms with Gasteiger partial charge in [-0.25, -0.2) is 4.68 Å². The molecule has 1 atom stereocenters. The number of aliphatic hydroxyl groups is 1. The van der Waals surface area contributed by atoms with Crippen LogP contribution in [0.2, 0.25) is 0 Å². The molecule has 8 nitrogen and oxygen atoms in total. The van der Waals surface area contributed by atoms with Crippen LogP contribution in [0.4, 0.5) is 14.7 Å². The highest BCUT2D eigenvalue weighted by Crippen LogP contribution is 2.44. The fourth-order valence-corrected chi connectivity index (χ4v) is 3.49. The topological polar surface area (TPSA) is 96.3 Å². The maximum atomic E-state index is 12.6. The van der Waals surface area contributed by atoms with Crippen molar-refractivity contribution < 1.29 is 18.6 Å². The van der Waals surface area contributed by atoms with Crippen molar-refractivity contribution in [2.75, 3.05) is 19.0 Å². The molecule has 0 spiro atoms. The van der Waals surface area contributed by atoms with E-state index in [1.54, 1.807) is 35.8 Å². The van der Waals surface area contributed by atoms with Gasteiger partial charge < -0.3 is 14.7 Å². The standard InChI is InChI=1S/C19H21F2N5O3/c1-25(2)19-22-16-14(17(28)23-19)13(9-27)24-26(16)15(10-3-4-10)11-5-7-12(8-6-11)29-18(20)21/h5-8,10,15,18,27H,3-4,9H2,1-2H3,(H,22,23,28)/t15-/m0/s1. The molecule has 0 amide bonds. The highest BCUT2D eigenvalue weighted by molar-refractivity contribution is 5.78. The summed E-state index contributed by atoms with van der Waals surface area (Å²) < 4.78 is 31.0. The zero-order valence-corrected chi connectivity index (χ0v) is 16.0. The van der Waals surface area contributed by atoms with Gasteiger partial charge in [-0.3, -0.25) is 9.78 Å². The summed E-state index contributed by atoms with van der Waals surface area (Å²) in [7, 11) is 3.52. The van der Waals surface area contributed by atoms with E-state index in [-0.39, 0.29) is 34.3 Å². The van der Waals surface area contributed by atoms with Crippen molar-refractivity contribution in [1.82, 2.24) is 19.7 Å². The lowest BCUT2D eigenvalue weighted by molar-refractivity contribution is -0.0498. The van der Waals surface area contributed by atoms with Gasteiger partial charge in [0, 0.05) is 14.1 Å². The van der Waals surface area contributed by atoms with Crippen molar-refractivity contribution in [2.24, 2.45) is 5.92 Å². The lowest BCUT2D eigenvalue weighted by Crippen LogP contribution is -2.20. The number of nitrogens with zero attached hydrogens (tertiary/aromatic N) is 4. The molecule has 2 aromatic heterocycles. The minimum absolute atomic E-state index is 0.0733. The molecule has 0 radical (unpaired) electrons. The maximum absolute atomic E-state index is 12.6. The Bertz CT molecular complexity index is 1070. The van der Waals surface area contributed by atoms with Crippen LogP contribution in [-0.4, -0.2) is 45.6 Å². The summed E-state index contributed by atoms with van der Waals surface area (Å²) in [5.41, 5.74) is 1.11. The zero-order chi connectivity index (χ0) is 20.7. The molecule has 0 aliphatic heterocycles. The van der Waals surface area contributed by atoms with Gasteiger partial charge in [0.2, 0.25) is 5.95 Å². The second-order valence-corrected chi connectivity index (χ2v) is 7.26. The van der Waals surface area contributed by atoms with Gasteiger partial charge in [0.25, 0.3) is 5.56 Å². The molecule has 3 aromatic rings. The van der Waals surface area contributed by atoms with Crippen molar-refractivity contribution >= 4 is 17.0 Å². The van der Waals surface area contributed by atoms with Gasteiger partial charge in [-0.05, 0) is 36.5 Å². The normalized spacial score (nSPS) is 15.1. The number of halogens is 2. The molecule has 2 N–H and O–H groups in total. The third kappa shape index (κ3) is 3.67. The summed E-state index contributed by atoms with van der Waals surface area (Å²) in [6, 6.07) is 6.17. The van der Waals surface area contributed by atoms with E-state index in [4.69, 9.17) is 0 Å². The van der Waals surface area contributed by atoms with Crippen molar-refractivity contribution in [3.63, 3.8) is 0 Å². The Hall–Kier alpha value is -3.01. The Balaban J connectivity index is 1.85. The summed E-state index contributed by atoms with van der Waals surface area (Å²) in [5, 5.41) is 14.5. The Labute approximate surface area is 164 Å². The Morgan fingerprint density at radius 3 is 2.55 bits per heavy atom. The second-order valence-electron chi connectivity index (χ2n) is 7.26. The van der Waals surface area contributed by atoms with Gasteiger partial charge >= 0.3 is 6.61 Å². The first-order valence-electron chi connectivity index (χ1n) is 9.23. The molecule has 4 rings (SSSR count). The predicted molar refractivity (Wildman–Crippen MR) is 102 cm³/mol. The van der Waals surface area contributed by atoms with Crippen LogP contribution in [0.25, 0.3) is 11.0 Å². The van der Waals surface area contributed by atoms with Crippen LogP contribution >= 0.6 is 0 Å². The Morgan fingerprint density at radius 1 is 1.31 bits per heavy atom. The molecule has 1 aliphatic rings. The number of aromatic amines is 1. The van der Waals surface area contributed by atoms with Crippen molar-refractivity contribution in [2.45, 2.75) is 32.1 Å². The number of hydrogen-bond acceptors (Lipinski definition) is 6. The second kappa shape index (κ2) is 7.43. The van der Waals surface area contributed by atoms with Crippen LogP contribution in [0, 0.1) is 5.92 Å². The van der Waals surface area contributed by atoms with E-state index in [1.807, 2.05) is 0 Å². The number of anilines is 1. The molecule has 154 valence electrons. The largest absolute Gasteiger partial charge is 0.435 e. The quantitative estimate of drug-likeness (QED) is 0.626. The molecular formula is C19H21F2N5O3. The Kier molecular flexibility index (Phi) is 4.95. The third-order valence-corrected chi connectivity index (χ3v) is 4.97. The fraction of sp³-hybridized carbons (Fsp3) is 0.421. The lowest BCUT2D eigenvalue weighted by Gasteiger charge is -2.19. The smallest absolute Gasteiger partial charge is 0.387 e. The number of H-pyrrole nitrogens is 1. The predicted octanol–water partition coefficient (Wildman–Crippen LogP) is 2.28. The van der Waals surface area contributed by atoms with Gasteiger partial charge in [-0.2, -0.15) is 18.9 Å². The fourth-order valence-electron chi connectivity index (χ4n) is 3.49. The van der Waals surface area contributed by atoms with E-state index < -0.39 is 13.2 Å². The average molecular weight is 405 g/mol. The number of alkyl halides is 2. The van der Waals surface area contributed by atoms with Gasteiger partial charge in [0.05, 0.1) is 12.6 Å². The van der Waals surface area contributed by atoms with Gasteiger partial charge in [0.15, 0.2) is 5.65 Å². The van der Waals surface area contributed by atoms with E-state index in [1.165, 1.54) is 12.1 Å². The number of aromatic nitrogens is 4.